The minimum atomic E-state index is -0.435. The summed E-state index contributed by atoms with van der Waals surface area (Å²) in [6.07, 6.45) is 1.36. The van der Waals surface area contributed by atoms with Gasteiger partial charge in [0.2, 0.25) is 0 Å². The monoisotopic (exact) mass is 174 g/mol. The molecule has 1 unspecified atom stereocenters. The molecule has 0 aromatic heterocycles. The van der Waals surface area contributed by atoms with Gasteiger partial charge in [0.15, 0.2) is 0 Å². The number of hydrogen-bond donors (Lipinski definition) is 0. The summed E-state index contributed by atoms with van der Waals surface area (Å²) in [5, 5.41) is 0. The van der Waals surface area contributed by atoms with E-state index in [4.69, 9.17) is 4.74 Å². The Morgan fingerprint density at radius 1 is 1.83 bits per heavy atom. The van der Waals surface area contributed by atoms with Crippen LogP contribution in [0.4, 0.5) is 4.39 Å². The quantitative estimate of drug-likeness (QED) is 0.477. The van der Waals surface area contributed by atoms with Crippen molar-refractivity contribution in [1.82, 2.24) is 4.90 Å². The zero-order valence-electron chi connectivity index (χ0n) is 7.75. The van der Waals surface area contributed by atoms with Crippen LogP contribution in [0.15, 0.2) is 17.8 Å². The number of hydrogen-bond acceptors (Lipinski definition) is 2. The normalized spacial score (nSPS) is 13.8. The van der Waals surface area contributed by atoms with Crippen LogP contribution >= 0.6 is 0 Å². The smallest absolute Gasteiger partial charge is 0.291 e. The van der Waals surface area contributed by atoms with Crippen molar-refractivity contribution in [2.45, 2.75) is 13.0 Å². The van der Waals surface area contributed by atoms with Gasteiger partial charge in [-0.15, -0.1) is 0 Å². The average molecular weight is 174 g/mol. The standard InChI is InChI=1S/C8H15FN2O/c1-5-10-8(12-4)11(3)7(2)6-9/h5,7H,1,6H2,2-4H3/b10-8+. The molecule has 0 aromatic carbocycles. The highest BCUT2D eigenvalue weighted by molar-refractivity contribution is 5.74. The van der Waals surface area contributed by atoms with Crippen LogP contribution in [0.2, 0.25) is 0 Å². The molecule has 0 aliphatic rings. The van der Waals surface area contributed by atoms with E-state index in [1.54, 1.807) is 18.9 Å². The fourth-order valence-corrected chi connectivity index (χ4v) is 0.658. The van der Waals surface area contributed by atoms with Crippen LogP contribution in [0.3, 0.4) is 0 Å². The second-order valence-corrected chi connectivity index (χ2v) is 2.41. The Morgan fingerprint density at radius 3 is 2.75 bits per heavy atom. The highest BCUT2D eigenvalue weighted by atomic mass is 19.1. The van der Waals surface area contributed by atoms with Crippen molar-refractivity contribution in [2.24, 2.45) is 4.99 Å². The fourth-order valence-electron chi connectivity index (χ4n) is 0.658. The zero-order chi connectivity index (χ0) is 9.56. The first kappa shape index (κ1) is 10.9. The third kappa shape index (κ3) is 2.90. The van der Waals surface area contributed by atoms with E-state index in [1.165, 1.54) is 13.3 Å². The van der Waals surface area contributed by atoms with Crippen molar-refractivity contribution in [2.75, 3.05) is 20.8 Å². The molecule has 0 fully saturated rings. The Morgan fingerprint density at radius 2 is 2.42 bits per heavy atom. The van der Waals surface area contributed by atoms with Gasteiger partial charge >= 0.3 is 0 Å². The average Bonchev–Trinajstić information content (AvgIpc) is 2.11. The number of methoxy groups -OCH3 is 1. The van der Waals surface area contributed by atoms with Gasteiger partial charge in [-0.05, 0) is 6.92 Å². The van der Waals surface area contributed by atoms with E-state index in [-0.39, 0.29) is 6.04 Å². The van der Waals surface area contributed by atoms with E-state index in [9.17, 15) is 4.39 Å². The van der Waals surface area contributed by atoms with E-state index in [2.05, 4.69) is 11.6 Å². The van der Waals surface area contributed by atoms with Gasteiger partial charge in [-0.1, -0.05) is 6.58 Å². The second-order valence-electron chi connectivity index (χ2n) is 2.41. The molecule has 0 bridgehead atoms. The molecule has 0 radical (unpaired) electrons. The number of halogens is 1. The molecule has 0 heterocycles. The lowest BCUT2D eigenvalue weighted by Gasteiger charge is -2.23. The van der Waals surface area contributed by atoms with Crippen LogP contribution in [0, 0.1) is 0 Å². The van der Waals surface area contributed by atoms with Crippen molar-refractivity contribution in [3.8, 4) is 0 Å². The summed E-state index contributed by atoms with van der Waals surface area (Å²) >= 11 is 0. The Hall–Kier alpha value is -1.06. The molecule has 0 saturated carbocycles. The van der Waals surface area contributed by atoms with Crippen molar-refractivity contribution >= 4 is 6.02 Å². The molecule has 0 saturated heterocycles. The molecule has 0 rings (SSSR count). The van der Waals surface area contributed by atoms with Gasteiger partial charge in [-0.3, -0.25) is 0 Å². The van der Waals surface area contributed by atoms with Crippen molar-refractivity contribution in [1.29, 1.82) is 0 Å². The Labute approximate surface area is 72.5 Å². The van der Waals surface area contributed by atoms with Gasteiger partial charge < -0.3 is 9.64 Å². The third-order valence-corrected chi connectivity index (χ3v) is 1.57. The van der Waals surface area contributed by atoms with Crippen LogP contribution in [-0.2, 0) is 4.74 Å². The summed E-state index contributed by atoms with van der Waals surface area (Å²) < 4.78 is 17.1. The van der Waals surface area contributed by atoms with Gasteiger partial charge in [0.05, 0.1) is 13.2 Å². The van der Waals surface area contributed by atoms with Crippen molar-refractivity contribution in [3.05, 3.63) is 12.8 Å². The summed E-state index contributed by atoms with van der Waals surface area (Å²) in [7, 11) is 3.21. The number of amidine groups is 1. The maximum atomic E-state index is 12.2. The Balaban J connectivity index is 4.30. The van der Waals surface area contributed by atoms with Crippen LogP contribution in [0.1, 0.15) is 6.92 Å². The molecule has 0 aliphatic carbocycles. The van der Waals surface area contributed by atoms with Gasteiger partial charge in [-0.25, -0.2) is 9.38 Å². The number of ether oxygens (including phenoxy) is 1. The highest BCUT2D eigenvalue weighted by Gasteiger charge is 2.12. The highest BCUT2D eigenvalue weighted by Crippen LogP contribution is 1.99. The van der Waals surface area contributed by atoms with Crippen LogP contribution in [-0.4, -0.2) is 37.8 Å². The van der Waals surface area contributed by atoms with Gasteiger partial charge in [0, 0.05) is 13.2 Å². The molecule has 0 amide bonds. The molecule has 3 nitrogen and oxygen atoms in total. The predicted octanol–water partition coefficient (Wildman–Crippen LogP) is 1.42. The molecule has 0 N–H and O–H groups in total. The molecule has 0 aromatic rings. The lowest BCUT2D eigenvalue weighted by Crippen LogP contribution is -2.37. The van der Waals surface area contributed by atoms with Crippen LogP contribution in [0.25, 0.3) is 0 Å². The number of alkyl halides is 1. The maximum Gasteiger partial charge on any atom is 0.291 e. The third-order valence-electron chi connectivity index (χ3n) is 1.57. The first-order valence-electron chi connectivity index (χ1n) is 3.68. The first-order valence-corrected chi connectivity index (χ1v) is 3.68. The van der Waals surface area contributed by atoms with Crippen LogP contribution in [0.5, 0.6) is 0 Å². The number of aliphatic imine (C=N–C) groups is 1. The van der Waals surface area contributed by atoms with Crippen LogP contribution < -0.4 is 0 Å². The van der Waals surface area contributed by atoms with E-state index in [0.29, 0.717) is 6.02 Å². The summed E-state index contributed by atoms with van der Waals surface area (Å²) in [5.74, 6) is 0. The molecule has 0 spiro atoms. The minimum Gasteiger partial charge on any atom is -0.468 e. The maximum absolute atomic E-state index is 12.2. The van der Waals surface area contributed by atoms with E-state index >= 15 is 0 Å². The number of nitrogens with zero attached hydrogens (tertiary/aromatic N) is 2. The molecular weight excluding hydrogens is 159 g/mol. The van der Waals surface area contributed by atoms with Crippen molar-refractivity contribution in [3.63, 3.8) is 0 Å². The molecule has 4 heteroatoms. The summed E-state index contributed by atoms with van der Waals surface area (Å²) in [6, 6.07) is 0.138. The van der Waals surface area contributed by atoms with E-state index in [1.807, 2.05) is 0 Å². The lowest BCUT2D eigenvalue weighted by molar-refractivity contribution is 0.240. The predicted molar refractivity (Wildman–Crippen MR) is 47.8 cm³/mol. The first-order chi connectivity index (χ1) is 5.67. The summed E-state index contributed by atoms with van der Waals surface area (Å²) in [4.78, 5) is 5.44. The SMILES string of the molecule is C=C/N=C(/OC)N(C)C(C)CF. The molecular formula is C8H15FN2O. The molecule has 70 valence electrons. The largest absolute Gasteiger partial charge is 0.468 e. The number of rotatable bonds is 3. The molecule has 1 atom stereocenters. The minimum absolute atomic E-state index is 0.233. The summed E-state index contributed by atoms with van der Waals surface area (Å²) in [6.45, 7) is 4.74. The molecule has 12 heavy (non-hydrogen) atoms. The fraction of sp³-hybridized carbons (Fsp3) is 0.625. The summed E-state index contributed by atoms with van der Waals surface area (Å²) in [5.41, 5.74) is 0. The van der Waals surface area contributed by atoms with Crippen molar-refractivity contribution < 1.29 is 9.13 Å². The van der Waals surface area contributed by atoms with Gasteiger partial charge in [0.1, 0.15) is 6.67 Å². The zero-order valence-corrected chi connectivity index (χ0v) is 7.75. The second kappa shape index (κ2) is 5.57. The lowest BCUT2D eigenvalue weighted by atomic mass is 10.3. The van der Waals surface area contributed by atoms with E-state index in [0.717, 1.165) is 0 Å². The Bertz CT molecular complexity index is 170. The van der Waals surface area contributed by atoms with Gasteiger partial charge in [0.25, 0.3) is 6.02 Å². The molecule has 0 aliphatic heterocycles. The van der Waals surface area contributed by atoms with E-state index < -0.39 is 6.67 Å². The Kier molecular flexibility index (Phi) is 5.08. The topological polar surface area (TPSA) is 24.8 Å². The van der Waals surface area contributed by atoms with Gasteiger partial charge in [-0.2, -0.15) is 0 Å².